The van der Waals surface area contributed by atoms with Gasteiger partial charge in [-0.1, -0.05) is 44.4 Å². The molecule has 0 radical (unpaired) electrons. The van der Waals surface area contributed by atoms with Gasteiger partial charge in [-0.05, 0) is 31.2 Å². The van der Waals surface area contributed by atoms with E-state index < -0.39 is 6.04 Å². The molecular formula is C17H25FN2O. The molecule has 0 saturated heterocycles. The van der Waals surface area contributed by atoms with E-state index in [9.17, 15) is 9.18 Å². The molecule has 0 spiro atoms. The van der Waals surface area contributed by atoms with Crippen molar-refractivity contribution in [1.29, 1.82) is 0 Å². The summed E-state index contributed by atoms with van der Waals surface area (Å²) in [6, 6.07) is 5.95. The molecule has 3 nitrogen and oxygen atoms in total. The number of carbonyl (C=O) groups excluding carboxylic acids is 1. The van der Waals surface area contributed by atoms with Crippen LogP contribution in [0, 0.1) is 11.7 Å². The number of rotatable bonds is 6. The average Bonchev–Trinajstić information content (AvgIpc) is 2.99. The number of benzene rings is 1. The van der Waals surface area contributed by atoms with Gasteiger partial charge in [0, 0.05) is 5.56 Å². The van der Waals surface area contributed by atoms with Crippen molar-refractivity contribution in [1.82, 2.24) is 5.32 Å². The maximum Gasteiger partial charge on any atom is 0.237 e. The molecule has 0 heterocycles. The number of carbonyl (C=O) groups is 1. The van der Waals surface area contributed by atoms with E-state index in [1.165, 1.54) is 6.07 Å². The summed E-state index contributed by atoms with van der Waals surface area (Å²) in [6.07, 6.45) is 5.87. The van der Waals surface area contributed by atoms with Crippen LogP contribution >= 0.6 is 0 Å². The molecule has 0 aromatic heterocycles. The van der Waals surface area contributed by atoms with Gasteiger partial charge in [0.25, 0.3) is 0 Å². The van der Waals surface area contributed by atoms with Gasteiger partial charge in [-0.2, -0.15) is 0 Å². The first-order chi connectivity index (χ1) is 10.1. The number of hydrogen-bond acceptors (Lipinski definition) is 2. The molecular weight excluding hydrogens is 267 g/mol. The third-order valence-electron chi connectivity index (χ3n) is 4.35. The standard InChI is InChI=1S/C17H25FN2O/c1-2-7-15(19)17(21)20-16(12-8-3-4-9-12)13-10-5-6-11-14(13)18/h5-6,10-12,15-16H,2-4,7-9,19H2,1H3,(H,20,21). The topological polar surface area (TPSA) is 55.1 Å². The molecule has 1 aliphatic carbocycles. The largest absolute Gasteiger partial charge is 0.348 e. The minimum absolute atomic E-state index is 0.169. The number of halogens is 1. The number of hydrogen-bond donors (Lipinski definition) is 2. The van der Waals surface area contributed by atoms with E-state index in [0.717, 1.165) is 32.1 Å². The van der Waals surface area contributed by atoms with Crippen molar-refractivity contribution in [3.8, 4) is 0 Å². The summed E-state index contributed by atoms with van der Waals surface area (Å²) in [5.74, 6) is -0.115. The lowest BCUT2D eigenvalue weighted by atomic mass is 9.91. The highest BCUT2D eigenvalue weighted by Crippen LogP contribution is 2.36. The summed E-state index contributed by atoms with van der Waals surface area (Å²) >= 11 is 0. The Morgan fingerprint density at radius 3 is 2.67 bits per heavy atom. The Morgan fingerprint density at radius 2 is 2.05 bits per heavy atom. The second-order valence-electron chi connectivity index (χ2n) is 5.95. The Hall–Kier alpha value is -1.42. The van der Waals surface area contributed by atoms with Crippen LogP contribution in [0.15, 0.2) is 24.3 Å². The van der Waals surface area contributed by atoms with Crippen LogP contribution in [0.5, 0.6) is 0 Å². The minimum Gasteiger partial charge on any atom is -0.348 e. The molecule has 1 saturated carbocycles. The molecule has 2 unspecified atom stereocenters. The van der Waals surface area contributed by atoms with Gasteiger partial charge in [0.2, 0.25) is 5.91 Å². The van der Waals surface area contributed by atoms with Crippen molar-refractivity contribution in [2.75, 3.05) is 0 Å². The lowest BCUT2D eigenvalue weighted by Crippen LogP contribution is -2.44. The fourth-order valence-electron chi connectivity index (χ4n) is 3.17. The van der Waals surface area contributed by atoms with Crippen molar-refractivity contribution >= 4 is 5.91 Å². The molecule has 1 fully saturated rings. The van der Waals surface area contributed by atoms with Gasteiger partial charge in [-0.15, -0.1) is 0 Å². The number of amides is 1. The summed E-state index contributed by atoms with van der Waals surface area (Å²) in [4.78, 5) is 12.2. The van der Waals surface area contributed by atoms with E-state index >= 15 is 0 Å². The third-order valence-corrected chi connectivity index (χ3v) is 4.35. The zero-order valence-electron chi connectivity index (χ0n) is 12.6. The van der Waals surface area contributed by atoms with Crippen molar-refractivity contribution < 1.29 is 9.18 Å². The maximum absolute atomic E-state index is 14.1. The smallest absolute Gasteiger partial charge is 0.237 e. The van der Waals surface area contributed by atoms with Crippen LogP contribution in [0.3, 0.4) is 0 Å². The lowest BCUT2D eigenvalue weighted by Gasteiger charge is -2.27. The second kappa shape index (κ2) is 7.55. The van der Waals surface area contributed by atoms with Gasteiger partial charge in [0.1, 0.15) is 5.82 Å². The highest BCUT2D eigenvalue weighted by molar-refractivity contribution is 5.81. The number of nitrogens with one attached hydrogen (secondary N) is 1. The summed E-state index contributed by atoms with van der Waals surface area (Å²) in [5, 5.41) is 3.00. The summed E-state index contributed by atoms with van der Waals surface area (Å²) in [6.45, 7) is 2.00. The number of nitrogens with two attached hydrogens (primary N) is 1. The molecule has 2 rings (SSSR count). The summed E-state index contributed by atoms with van der Waals surface area (Å²) in [5.41, 5.74) is 6.47. The molecule has 4 heteroatoms. The first-order valence-electron chi connectivity index (χ1n) is 7.94. The Kier molecular flexibility index (Phi) is 5.74. The van der Waals surface area contributed by atoms with E-state index in [0.29, 0.717) is 17.9 Å². The van der Waals surface area contributed by atoms with Crippen LogP contribution in [0.4, 0.5) is 4.39 Å². The van der Waals surface area contributed by atoms with Gasteiger partial charge >= 0.3 is 0 Å². The van der Waals surface area contributed by atoms with Crippen LogP contribution in [0.25, 0.3) is 0 Å². The van der Waals surface area contributed by atoms with Gasteiger partial charge in [-0.25, -0.2) is 4.39 Å². The Morgan fingerprint density at radius 1 is 1.38 bits per heavy atom. The second-order valence-corrected chi connectivity index (χ2v) is 5.95. The van der Waals surface area contributed by atoms with Gasteiger partial charge in [-0.3, -0.25) is 4.79 Å². The van der Waals surface area contributed by atoms with Crippen molar-refractivity contribution in [3.05, 3.63) is 35.6 Å². The zero-order chi connectivity index (χ0) is 15.2. The van der Waals surface area contributed by atoms with E-state index in [2.05, 4.69) is 5.32 Å². The third kappa shape index (κ3) is 4.03. The molecule has 2 atom stereocenters. The molecule has 1 aliphatic rings. The molecule has 1 aromatic carbocycles. The predicted molar refractivity (Wildman–Crippen MR) is 82.1 cm³/mol. The fourth-order valence-corrected chi connectivity index (χ4v) is 3.17. The molecule has 1 amide bonds. The normalized spacial score (nSPS) is 18.4. The highest BCUT2D eigenvalue weighted by Gasteiger charge is 2.30. The molecule has 3 N–H and O–H groups in total. The molecule has 0 bridgehead atoms. The van der Waals surface area contributed by atoms with E-state index in [1.807, 2.05) is 13.0 Å². The van der Waals surface area contributed by atoms with E-state index in [-0.39, 0.29) is 17.8 Å². The molecule has 116 valence electrons. The fraction of sp³-hybridized carbons (Fsp3) is 0.588. The first kappa shape index (κ1) is 16.0. The lowest BCUT2D eigenvalue weighted by molar-refractivity contribution is -0.123. The predicted octanol–water partition coefficient (Wildman–Crippen LogP) is 3.30. The maximum atomic E-state index is 14.1. The van der Waals surface area contributed by atoms with Gasteiger partial charge < -0.3 is 11.1 Å². The highest BCUT2D eigenvalue weighted by atomic mass is 19.1. The quantitative estimate of drug-likeness (QED) is 0.845. The molecule has 0 aliphatic heterocycles. The van der Waals surface area contributed by atoms with Crippen LogP contribution < -0.4 is 11.1 Å². The molecule has 1 aromatic rings. The van der Waals surface area contributed by atoms with Gasteiger partial charge in [0.05, 0.1) is 12.1 Å². The van der Waals surface area contributed by atoms with Crippen LogP contribution in [0.2, 0.25) is 0 Å². The first-order valence-corrected chi connectivity index (χ1v) is 7.94. The minimum atomic E-state index is -0.509. The summed E-state index contributed by atoms with van der Waals surface area (Å²) in [7, 11) is 0. The Balaban J connectivity index is 2.17. The van der Waals surface area contributed by atoms with Crippen molar-refractivity contribution in [2.24, 2.45) is 11.7 Å². The monoisotopic (exact) mass is 292 g/mol. The summed E-state index contributed by atoms with van der Waals surface area (Å²) < 4.78 is 14.1. The SMILES string of the molecule is CCCC(N)C(=O)NC(c1ccccc1F)C1CCCC1. The van der Waals surface area contributed by atoms with Crippen LogP contribution in [-0.2, 0) is 4.79 Å². The van der Waals surface area contributed by atoms with Crippen molar-refractivity contribution in [3.63, 3.8) is 0 Å². The Bertz CT molecular complexity index is 472. The van der Waals surface area contributed by atoms with Crippen LogP contribution in [0.1, 0.15) is 57.1 Å². The Labute approximate surface area is 126 Å². The molecule has 21 heavy (non-hydrogen) atoms. The van der Waals surface area contributed by atoms with E-state index in [1.54, 1.807) is 12.1 Å². The average molecular weight is 292 g/mol. The van der Waals surface area contributed by atoms with Crippen molar-refractivity contribution in [2.45, 2.75) is 57.5 Å². The van der Waals surface area contributed by atoms with Gasteiger partial charge in [0.15, 0.2) is 0 Å². The van der Waals surface area contributed by atoms with E-state index in [4.69, 9.17) is 5.73 Å². The zero-order valence-corrected chi connectivity index (χ0v) is 12.6. The van der Waals surface area contributed by atoms with Crippen LogP contribution in [-0.4, -0.2) is 11.9 Å².